The van der Waals surface area contributed by atoms with E-state index in [4.69, 9.17) is 4.42 Å². The minimum Gasteiger partial charge on any atom is -0.468 e. The molecule has 0 unspecified atom stereocenters. The topological polar surface area (TPSA) is 25.2 Å². The summed E-state index contributed by atoms with van der Waals surface area (Å²) >= 11 is 0. The highest BCUT2D eigenvalue weighted by atomic mass is 19.3. The van der Waals surface area contributed by atoms with E-state index in [9.17, 15) is 8.78 Å². The summed E-state index contributed by atoms with van der Waals surface area (Å²) in [4.78, 5) is 0. The number of alkyl halides is 2. The highest BCUT2D eigenvalue weighted by Crippen LogP contribution is 2.19. The zero-order valence-corrected chi connectivity index (χ0v) is 10.1. The quantitative estimate of drug-likeness (QED) is 0.866. The van der Waals surface area contributed by atoms with E-state index in [0.29, 0.717) is 6.54 Å². The van der Waals surface area contributed by atoms with E-state index in [0.717, 1.165) is 11.3 Å². The van der Waals surface area contributed by atoms with E-state index in [1.807, 2.05) is 19.1 Å². The molecule has 0 spiro atoms. The second-order valence-corrected chi connectivity index (χ2v) is 4.16. The zero-order valence-electron chi connectivity index (χ0n) is 10.1. The van der Waals surface area contributed by atoms with Crippen LogP contribution in [0.4, 0.5) is 8.78 Å². The number of hydrogen-bond donors (Lipinski definition) is 1. The van der Waals surface area contributed by atoms with Gasteiger partial charge in [0.25, 0.3) is 6.43 Å². The van der Waals surface area contributed by atoms with Gasteiger partial charge >= 0.3 is 0 Å². The first-order valence-corrected chi connectivity index (χ1v) is 5.80. The molecule has 0 aliphatic rings. The van der Waals surface area contributed by atoms with Gasteiger partial charge in [-0.1, -0.05) is 24.3 Å². The van der Waals surface area contributed by atoms with Crippen molar-refractivity contribution < 1.29 is 13.2 Å². The Hall–Kier alpha value is -1.68. The Morgan fingerprint density at radius 1 is 1.17 bits per heavy atom. The van der Waals surface area contributed by atoms with Crippen LogP contribution >= 0.6 is 0 Å². The van der Waals surface area contributed by atoms with Gasteiger partial charge in [0.1, 0.15) is 5.76 Å². The Morgan fingerprint density at radius 3 is 2.44 bits per heavy atom. The number of hydrogen-bond acceptors (Lipinski definition) is 2. The third-order valence-corrected chi connectivity index (χ3v) is 2.81. The molecule has 0 saturated heterocycles. The maximum Gasteiger partial charge on any atom is 0.263 e. The Balaban J connectivity index is 1.90. The summed E-state index contributed by atoms with van der Waals surface area (Å²) in [7, 11) is 0. The summed E-state index contributed by atoms with van der Waals surface area (Å²) < 4.78 is 30.0. The summed E-state index contributed by atoms with van der Waals surface area (Å²) in [6, 6.07) is 10.2. The van der Waals surface area contributed by atoms with Crippen LogP contribution in [0.25, 0.3) is 0 Å². The minimum absolute atomic E-state index is 0.0535. The van der Waals surface area contributed by atoms with Gasteiger partial charge in [0, 0.05) is 12.1 Å². The first kappa shape index (κ1) is 12.8. The van der Waals surface area contributed by atoms with Crippen LogP contribution in [0.3, 0.4) is 0 Å². The third kappa shape index (κ3) is 3.17. The molecule has 1 heterocycles. The Kier molecular flexibility index (Phi) is 4.10. The van der Waals surface area contributed by atoms with Crippen LogP contribution in [0.5, 0.6) is 0 Å². The van der Waals surface area contributed by atoms with Crippen LogP contribution in [0.15, 0.2) is 47.1 Å². The largest absolute Gasteiger partial charge is 0.468 e. The lowest BCUT2D eigenvalue weighted by atomic mass is 10.1. The average Bonchev–Trinajstić information content (AvgIpc) is 2.90. The average molecular weight is 251 g/mol. The van der Waals surface area contributed by atoms with E-state index in [2.05, 4.69) is 5.32 Å². The normalized spacial score (nSPS) is 12.9. The van der Waals surface area contributed by atoms with Gasteiger partial charge in [-0.05, 0) is 24.6 Å². The number of rotatable bonds is 5. The molecule has 0 aliphatic carbocycles. The Bertz CT molecular complexity index is 465. The smallest absolute Gasteiger partial charge is 0.263 e. The van der Waals surface area contributed by atoms with Crippen LogP contribution in [-0.4, -0.2) is 0 Å². The standard InChI is InChI=1S/C14H15F2NO/c1-10(13-3-2-8-18-13)17-9-11-4-6-12(7-5-11)14(15)16/h2-8,10,14,17H,9H2,1H3/t10-/m1/s1. The first-order chi connectivity index (χ1) is 8.66. The maximum absolute atomic E-state index is 12.4. The number of halogens is 2. The number of nitrogens with one attached hydrogen (secondary N) is 1. The molecular formula is C14H15F2NO. The summed E-state index contributed by atoms with van der Waals surface area (Å²) in [5.41, 5.74) is 1.02. The zero-order chi connectivity index (χ0) is 13.0. The van der Waals surface area contributed by atoms with Crippen molar-refractivity contribution in [3.8, 4) is 0 Å². The molecule has 4 heteroatoms. The molecule has 0 radical (unpaired) electrons. The van der Waals surface area contributed by atoms with Gasteiger partial charge in [-0.15, -0.1) is 0 Å². The molecular weight excluding hydrogens is 236 g/mol. The van der Waals surface area contributed by atoms with E-state index < -0.39 is 6.43 Å². The highest BCUT2D eigenvalue weighted by molar-refractivity contribution is 5.23. The molecule has 96 valence electrons. The predicted octanol–water partition coefficient (Wildman–Crippen LogP) is 4.07. The van der Waals surface area contributed by atoms with Crippen LogP contribution in [0.1, 0.15) is 36.3 Å². The van der Waals surface area contributed by atoms with Crippen molar-refractivity contribution >= 4 is 0 Å². The van der Waals surface area contributed by atoms with Crippen molar-refractivity contribution in [3.05, 3.63) is 59.5 Å². The second kappa shape index (κ2) is 5.78. The van der Waals surface area contributed by atoms with Crippen molar-refractivity contribution in [1.82, 2.24) is 5.32 Å². The van der Waals surface area contributed by atoms with Gasteiger partial charge in [-0.25, -0.2) is 8.78 Å². The Labute approximate surface area is 105 Å². The fourth-order valence-electron chi connectivity index (χ4n) is 1.69. The first-order valence-electron chi connectivity index (χ1n) is 5.80. The molecule has 2 nitrogen and oxygen atoms in total. The molecule has 1 atom stereocenters. The fourth-order valence-corrected chi connectivity index (χ4v) is 1.69. The summed E-state index contributed by atoms with van der Waals surface area (Å²) in [6.45, 7) is 2.61. The third-order valence-electron chi connectivity index (χ3n) is 2.81. The fraction of sp³-hybridized carbons (Fsp3) is 0.286. The van der Waals surface area contributed by atoms with Gasteiger partial charge in [0.05, 0.1) is 12.3 Å². The molecule has 0 amide bonds. The van der Waals surface area contributed by atoms with E-state index in [-0.39, 0.29) is 11.6 Å². The number of furan rings is 1. The molecule has 0 bridgehead atoms. The molecule has 0 saturated carbocycles. The lowest BCUT2D eigenvalue weighted by Gasteiger charge is -2.11. The SMILES string of the molecule is C[C@@H](NCc1ccc(C(F)F)cc1)c1ccco1. The van der Waals surface area contributed by atoms with Crippen molar-refractivity contribution in [2.24, 2.45) is 0 Å². The summed E-state index contributed by atoms with van der Waals surface area (Å²) in [5, 5.41) is 3.27. The maximum atomic E-state index is 12.4. The molecule has 2 rings (SSSR count). The van der Waals surface area contributed by atoms with Gasteiger partial charge in [0.15, 0.2) is 0 Å². The van der Waals surface area contributed by atoms with Crippen LogP contribution in [0.2, 0.25) is 0 Å². The highest BCUT2D eigenvalue weighted by Gasteiger charge is 2.08. The van der Waals surface area contributed by atoms with E-state index in [1.165, 1.54) is 12.1 Å². The van der Waals surface area contributed by atoms with Crippen molar-refractivity contribution in [2.75, 3.05) is 0 Å². The molecule has 18 heavy (non-hydrogen) atoms. The van der Waals surface area contributed by atoms with Crippen molar-refractivity contribution in [1.29, 1.82) is 0 Å². The van der Waals surface area contributed by atoms with Crippen LogP contribution in [0, 0.1) is 0 Å². The van der Waals surface area contributed by atoms with Crippen LogP contribution in [-0.2, 0) is 6.54 Å². The van der Waals surface area contributed by atoms with E-state index in [1.54, 1.807) is 18.4 Å². The minimum atomic E-state index is -2.41. The van der Waals surface area contributed by atoms with E-state index >= 15 is 0 Å². The molecule has 1 N–H and O–H groups in total. The number of benzene rings is 1. The summed E-state index contributed by atoms with van der Waals surface area (Å²) in [5.74, 6) is 0.860. The molecule has 0 fully saturated rings. The van der Waals surface area contributed by atoms with Gasteiger partial charge in [-0.2, -0.15) is 0 Å². The molecule has 1 aromatic carbocycles. The van der Waals surface area contributed by atoms with Gasteiger partial charge < -0.3 is 9.73 Å². The van der Waals surface area contributed by atoms with Crippen molar-refractivity contribution in [3.63, 3.8) is 0 Å². The predicted molar refractivity (Wildman–Crippen MR) is 65.4 cm³/mol. The second-order valence-electron chi connectivity index (χ2n) is 4.16. The van der Waals surface area contributed by atoms with Crippen LogP contribution < -0.4 is 5.32 Å². The molecule has 2 aromatic rings. The lowest BCUT2D eigenvalue weighted by Crippen LogP contribution is -2.17. The monoisotopic (exact) mass is 251 g/mol. The summed E-state index contributed by atoms with van der Waals surface area (Å²) in [6.07, 6.45) is -0.778. The lowest BCUT2D eigenvalue weighted by molar-refractivity contribution is 0.151. The van der Waals surface area contributed by atoms with Gasteiger partial charge in [0.2, 0.25) is 0 Å². The Morgan fingerprint density at radius 2 is 1.89 bits per heavy atom. The van der Waals surface area contributed by atoms with Crippen molar-refractivity contribution in [2.45, 2.75) is 25.9 Å². The molecule has 0 aliphatic heterocycles. The van der Waals surface area contributed by atoms with Gasteiger partial charge in [-0.3, -0.25) is 0 Å². The molecule has 1 aromatic heterocycles.